The normalized spacial score (nSPS) is 10.5. The van der Waals surface area contributed by atoms with E-state index >= 15 is 0 Å². The van der Waals surface area contributed by atoms with Crippen molar-refractivity contribution in [2.45, 2.75) is 27.2 Å². The Labute approximate surface area is 217 Å². The molecule has 0 heterocycles. The molecule has 0 spiro atoms. The van der Waals surface area contributed by atoms with Gasteiger partial charge in [0.1, 0.15) is 12.2 Å². The topological polar surface area (TPSA) is 125 Å². The van der Waals surface area contributed by atoms with Crippen molar-refractivity contribution in [3.05, 3.63) is 45.5 Å². The van der Waals surface area contributed by atoms with Gasteiger partial charge in [-0.1, -0.05) is 0 Å². The van der Waals surface area contributed by atoms with Crippen LogP contribution in [-0.2, 0) is 19.1 Å². The van der Waals surface area contributed by atoms with Crippen molar-refractivity contribution in [3.8, 4) is 17.2 Å². The summed E-state index contributed by atoms with van der Waals surface area (Å²) in [5.41, 5.74) is 3.51. The van der Waals surface area contributed by atoms with Crippen molar-refractivity contribution < 1.29 is 33.3 Å². The maximum atomic E-state index is 12.1. The second-order valence-electron chi connectivity index (χ2n) is 6.83. The number of rotatable bonds is 13. The molecule has 0 aliphatic heterocycles. The molecule has 10 nitrogen and oxygen atoms in total. The second kappa shape index (κ2) is 14.8. The van der Waals surface area contributed by atoms with Crippen molar-refractivity contribution in [1.82, 2.24) is 5.43 Å². The Morgan fingerprint density at radius 2 is 1.66 bits per heavy atom. The van der Waals surface area contributed by atoms with Crippen LogP contribution in [0.15, 0.2) is 41.5 Å². The Kier molecular flexibility index (Phi) is 11.8. The van der Waals surface area contributed by atoms with Gasteiger partial charge in [-0.15, -0.1) is 0 Å². The van der Waals surface area contributed by atoms with Crippen LogP contribution >= 0.6 is 22.6 Å². The highest BCUT2D eigenvalue weighted by atomic mass is 127. The highest BCUT2D eigenvalue weighted by Gasteiger charge is 2.14. The van der Waals surface area contributed by atoms with E-state index in [0.29, 0.717) is 45.3 Å². The number of nitrogens with zero attached hydrogens (tertiary/aromatic N) is 1. The van der Waals surface area contributed by atoms with Gasteiger partial charge in [0.2, 0.25) is 11.8 Å². The van der Waals surface area contributed by atoms with Crippen LogP contribution in [0.1, 0.15) is 32.8 Å². The third-order valence-corrected chi connectivity index (χ3v) is 4.95. The minimum Gasteiger partial charge on any atom is -0.494 e. The van der Waals surface area contributed by atoms with Crippen molar-refractivity contribution in [2.75, 3.05) is 31.7 Å². The first kappa shape index (κ1) is 27.9. The third kappa shape index (κ3) is 9.81. The first-order valence-electron chi connectivity index (χ1n) is 11.0. The molecule has 2 rings (SSSR count). The molecule has 0 aliphatic rings. The van der Waals surface area contributed by atoms with Gasteiger partial charge in [-0.25, -0.2) is 10.2 Å². The number of hydrogen-bond donors (Lipinski definition) is 2. The molecule has 0 radical (unpaired) electrons. The van der Waals surface area contributed by atoms with E-state index in [1.54, 1.807) is 43.3 Å². The molecule has 0 aliphatic carbocycles. The molecule has 2 N–H and O–H groups in total. The number of esters is 1. The number of nitrogens with one attached hydrogen (secondary N) is 2. The monoisotopic (exact) mass is 597 g/mol. The quantitative estimate of drug-likeness (QED) is 0.119. The molecular formula is C24H28IN3O7. The van der Waals surface area contributed by atoms with Crippen molar-refractivity contribution >= 4 is 52.3 Å². The van der Waals surface area contributed by atoms with Crippen LogP contribution < -0.4 is 25.0 Å². The summed E-state index contributed by atoms with van der Waals surface area (Å²) in [6, 6.07) is 10.3. The van der Waals surface area contributed by atoms with Gasteiger partial charge in [-0.05, 0) is 85.3 Å². The lowest BCUT2D eigenvalue weighted by Crippen LogP contribution is -2.24. The minimum absolute atomic E-state index is 0.244. The van der Waals surface area contributed by atoms with Gasteiger partial charge in [-0.2, -0.15) is 5.10 Å². The Bertz CT molecular complexity index is 1040. The maximum absolute atomic E-state index is 12.1. The van der Waals surface area contributed by atoms with Gasteiger partial charge in [0, 0.05) is 5.69 Å². The van der Waals surface area contributed by atoms with E-state index in [1.165, 1.54) is 6.21 Å². The van der Waals surface area contributed by atoms with Gasteiger partial charge >= 0.3 is 5.97 Å². The number of anilines is 1. The summed E-state index contributed by atoms with van der Waals surface area (Å²) >= 11 is 2.05. The van der Waals surface area contributed by atoms with Crippen molar-refractivity contribution in [3.63, 3.8) is 0 Å². The number of carbonyl (C=O) groups is 3. The van der Waals surface area contributed by atoms with Crippen molar-refractivity contribution in [2.24, 2.45) is 5.10 Å². The van der Waals surface area contributed by atoms with Gasteiger partial charge in [0.25, 0.3) is 0 Å². The fourth-order valence-corrected chi connectivity index (χ4v) is 3.55. The largest absolute Gasteiger partial charge is 0.494 e. The number of amides is 2. The van der Waals surface area contributed by atoms with Crippen LogP contribution in [0.4, 0.5) is 5.69 Å². The highest BCUT2D eigenvalue weighted by Crippen LogP contribution is 2.34. The Hall–Kier alpha value is -3.35. The molecule has 11 heteroatoms. The summed E-state index contributed by atoms with van der Waals surface area (Å²) in [7, 11) is 0. The fourth-order valence-electron chi connectivity index (χ4n) is 2.77. The number of carbonyl (C=O) groups excluding carboxylic acids is 3. The zero-order valence-electron chi connectivity index (χ0n) is 19.8. The summed E-state index contributed by atoms with van der Waals surface area (Å²) < 4.78 is 22.1. The molecule has 0 bridgehead atoms. The highest BCUT2D eigenvalue weighted by molar-refractivity contribution is 14.1. The number of hydrazone groups is 1. The molecule has 0 aromatic heterocycles. The summed E-state index contributed by atoms with van der Waals surface area (Å²) in [6.07, 6.45) is 1.02. The predicted molar refractivity (Wildman–Crippen MR) is 139 cm³/mol. The summed E-state index contributed by atoms with van der Waals surface area (Å²) in [5, 5.41) is 6.55. The van der Waals surface area contributed by atoms with E-state index in [-0.39, 0.29) is 13.2 Å². The molecule has 2 aromatic carbocycles. The SMILES string of the molecule is CCOC(=O)COc1c(I)cc(C=NNC(=O)CC(=O)Nc2ccc(OCC)cc2)cc1OCC. The smallest absolute Gasteiger partial charge is 0.344 e. The van der Waals surface area contributed by atoms with Crippen LogP contribution in [0.5, 0.6) is 17.2 Å². The van der Waals surface area contributed by atoms with Gasteiger partial charge in [0.15, 0.2) is 18.1 Å². The van der Waals surface area contributed by atoms with Crippen LogP contribution in [-0.4, -0.2) is 50.4 Å². The number of benzene rings is 2. The Morgan fingerprint density at radius 3 is 2.31 bits per heavy atom. The lowest BCUT2D eigenvalue weighted by Gasteiger charge is -2.14. The summed E-state index contributed by atoms with van der Waals surface area (Å²) in [6.45, 7) is 6.37. The maximum Gasteiger partial charge on any atom is 0.344 e. The molecule has 2 amide bonds. The molecule has 0 saturated heterocycles. The molecule has 2 aromatic rings. The molecule has 0 saturated carbocycles. The number of halogens is 1. The standard InChI is InChI=1S/C24H28IN3O7/c1-4-32-18-9-7-17(8-10-18)27-21(29)13-22(30)28-26-14-16-11-19(25)24(20(12-16)33-5-2)35-15-23(31)34-6-3/h7-12,14H,4-6,13,15H2,1-3H3,(H,27,29)(H,28,30). The Balaban J connectivity index is 1.93. The van der Waals surface area contributed by atoms with Crippen LogP contribution in [0.25, 0.3) is 0 Å². The fraction of sp³-hybridized carbons (Fsp3) is 0.333. The average Bonchev–Trinajstić information content (AvgIpc) is 2.80. The lowest BCUT2D eigenvalue weighted by molar-refractivity contribution is -0.145. The predicted octanol–water partition coefficient (Wildman–Crippen LogP) is 3.51. The number of hydrogen-bond acceptors (Lipinski definition) is 8. The third-order valence-electron chi connectivity index (χ3n) is 4.14. The van der Waals surface area contributed by atoms with E-state index < -0.39 is 24.2 Å². The second-order valence-corrected chi connectivity index (χ2v) is 7.99. The van der Waals surface area contributed by atoms with E-state index in [0.717, 1.165) is 0 Å². The van der Waals surface area contributed by atoms with E-state index in [4.69, 9.17) is 18.9 Å². The molecule has 35 heavy (non-hydrogen) atoms. The molecule has 0 fully saturated rings. The summed E-state index contributed by atoms with van der Waals surface area (Å²) in [4.78, 5) is 35.8. The zero-order valence-corrected chi connectivity index (χ0v) is 21.9. The van der Waals surface area contributed by atoms with E-state index in [9.17, 15) is 14.4 Å². The van der Waals surface area contributed by atoms with Gasteiger partial charge < -0.3 is 24.3 Å². The minimum atomic E-state index is -0.571. The van der Waals surface area contributed by atoms with Crippen LogP contribution in [0, 0.1) is 3.57 Å². The van der Waals surface area contributed by atoms with Crippen LogP contribution in [0.2, 0.25) is 0 Å². The average molecular weight is 597 g/mol. The van der Waals surface area contributed by atoms with E-state index in [2.05, 4.69) is 38.4 Å². The molecule has 0 atom stereocenters. The van der Waals surface area contributed by atoms with Crippen molar-refractivity contribution in [1.29, 1.82) is 0 Å². The van der Waals surface area contributed by atoms with Gasteiger partial charge in [0.05, 0.1) is 29.6 Å². The summed E-state index contributed by atoms with van der Waals surface area (Å²) in [5.74, 6) is -0.000192. The number of ether oxygens (including phenoxy) is 4. The van der Waals surface area contributed by atoms with Gasteiger partial charge in [-0.3, -0.25) is 9.59 Å². The lowest BCUT2D eigenvalue weighted by atomic mass is 10.2. The zero-order chi connectivity index (χ0) is 25.6. The van der Waals surface area contributed by atoms with E-state index in [1.807, 2.05) is 13.8 Å². The molecule has 188 valence electrons. The molecule has 0 unspecified atom stereocenters. The van der Waals surface area contributed by atoms with Crippen LogP contribution in [0.3, 0.4) is 0 Å². The Morgan fingerprint density at radius 1 is 0.943 bits per heavy atom. The first-order valence-corrected chi connectivity index (χ1v) is 12.0. The molecular weight excluding hydrogens is 569 g/mol. The first-order chi connectivity index (χ1) is 16.9.